The normalized spacial score (nSPS) is 17.0. The quantitative estimate of drug-likeness (QED) is 0.146. The summed E-state index contributed by atoms with van der Waals surface area (Å²) in [6.45, 7) is 9.91. The maximum absolute atomic E-state index is 13.3. The summed E-state index contributed by atoms with van der Waals surface area (Å²) in [4.78, 5) is 37.7. The van der Waals surface area contributed by atoms with Gasteiger partial charge in [0, 0.05) is 56.5 Å². The van der Waals surface area contributed by atoms with Crippen molar-refractivity contribution in [1.82, 2.24) is 29.7 Å². The lowest BCUT2D eigenvalue weighted by atomic mass is 9.93. The number of ether oxygens (including phenoxy) is 5. The second-order valence-corrected chi connectivity index (χ2v) is 17.8. The minimum absolute atomic E-state index is 0.0503. The van der Waals surface area contributed by atoms with Crippen LogP contribution in [0.15, 0.2) is 77.6 Å². The van der Waals surface area contributed by atoms with Gasteiger partial charge in [0.2, 0.25) is 12.0 Å². The summed E-state index contributed by atoms with van der Waals surface area (Å²) in [6.07, 6.45) is 0.941. The Labute approximate surface area is 389 Å². The van der Waals surface area contributed by atoms with Gasteiger partial charge < -0.3 is 38.1 Å². The number of halogens is 2. The molecule has 1 fully saturated rings. The number of hydrogen-bond acceptors (Lipinski definition) is 14. The van der Waals surface area contributed by atoms with Crippen molar-refractivity contribution in [2.45, 2.75) is 46.0 Å². The van der Waals surface area contributed by atoms with Gasteiger partial charge >= 0.3 is 5.97 Å². The van der Waals surface area contributed by atoms with E-state index in [0.29, 0.717) is 101 Å². The molecule has 3 aliphatic rings. The molecule has 0 aliphatic carbocycles. The van der Waals surface area contributed by atoms with Gasteiger partial charge in [0.25, 0.3) is 0 Å². The number of nitrogens with zero attached hydrogens (tertiary/aromatic N) is 6. The van der Waals surface area contributed by atoms with Gasteiger partial charge in [-0.1, -0.05) is 35.3 Å². The Bertz CT molecular complexity index is 2870. The fraction of sp³-hybridized carbons (Fsp3) is 0.312. The average molecular weight is 938 g/mol. The Morgan fingerprint density at radius 2 is 1.71 bits per heavy atom. The third-order valence-electron chi connectivity index (χ3n) is 11.7. The van der Waals surface area contributed by atoms with Crippen LogP contribution in [0.4, 0.5) is 0 Å². The van der Waals surface area contributed by atoms with Crippen molar-refractivity contribution in [3.63, 3.8) is 0 Å². The third kappa shape index (κ3) is 9.16. The highest BCUT2D eigenvalue weighted by Crippen LogP contribution is 2.53. The van der Waals surface area contributed by atoms with E-state index in [1.807, 2.05) is 57.2 Å². The number of furan rings is 1. The Hall–Kier alpha value is -5.97. The first kappa shape index (κ1) is 44.2. The zero-order chi connectivity index (χ0) is 45.4. The molecule has 3 aliphatic heterocycles. The number of rotatable bonds is 9. The summed E-state index contributed by atoms with van der Waals surface area (Å²) in [7, 11) is 3.71. The molecule has 7 heterocycles. The topological polar surface area (TPSA) is 155 Å². The van der Waals surface area contributed by atoms with Crippen LogP contribution in [0.1, 0.15) is 28.1 Å². The van der Waals surface area contributed by atoms with Gasteiger partial charge in [-0.25, -0.2) is 24.7 Å². The number of likely N-dealkylation sites (N-methyl/N-ethyl adjacent to an activating group) is 1. The van der Waals surface area contributed by atoms with Crippen molar-refractivity contribution in [2.75, 3.05) is 53.5 Å². The highest BCUT2D eigenvalue weighted by molar-refractivity contribution is 7.22. The maximum atomic E-state index is 13.3. The molecule has 4 bridgehead atoms. The number of methoxy groups -OCH3 is 1. The van der Waals surface area contributed by atoms with Crippen LogP contribution in [0.3, 0.4) is 0 Å². The highest BCUT2D eigenvalue weighted by atomic mass is 35.5. The number of aliphatic carboxylic acids is 1. The van der Waals surface area contributed by atoms with Gasteiger partial charge in [-0.2, -0.15) is 0 Å². The molecular weight excluding hydrogens is 892 g/mol. The molecule has 1 N–H and O–H groups in total. The highest BCUT2D eigenvalue weighted by Gasteiger charge is 2.32. The number of benzene rings is 3. The summed E-state index contributed by atoms with van der Waals surface area (Å²) < 4.78 is 38.1. The number of thiophene rings is 1. The molecular formula is C48H46Cl2N6O8S. The number of fused-ring (bicyclic) bond motifs is 7. The van der Waals surface area contributed by atoms with Gasteiger partial charge in [0.15, 0.2) is 11.6 Å². The van der Waals surface area contributed by atoms with E-state index in [2.05, 4.69) is 31.8 Å². The number of piperazine rings is 1. The maximum Gasteiger partial charge on any atom is 0.345 e. The Morgan fingerprint density at radius 1 is 0.923 bits per heavy atom. The van der Waals surface area contributed by atoms with Crippen molar-refractivity contribution in [2.24, 2.45) is 0 Å². The standard InChI is InChI=1S/C48H46Cl2N6O8S/c1-26-10-12-36(62-26)44-39-38-27(2)41(49)43(42(50)28(38)3)63-32(22-56-18-16-55(4)17-19-56)24-60-31-11-13-34(61-23-30-14-15-51-45(54-30)33-8-6-7-9-35(33)59-5)29(20-31)21-37(48(57)58)64-46-40(39)47(65-44)53-25-52-46/h6-15,20,25,32,37H,16-19,21-24H2,1-5H3,(H,57,58)/t32-,37-/m1/s1. The Kier molecular flexibility index (Phi) is 12.8. The van der Waals surface area contributed by atoms with Crippen LogP contribution >= 0.6 is 34.5 Å². The number of carboxylic acids is 1. The molecule has 0 amide bonds. The van der Waals surface area contributed by atoms with E-state index in [9.17, 15) is 9.90 Å². The minimum atomic E-state index is -1.44. The number of para-hydroxylation sites is 1. The van der Waals surface area contributed by atoms with Crippen LogP contribution in [0.5, 0.6) is 28.9 Å². The number of aromatic nitrogens is 4. The predicted octanol–water partition coefficient (Wildman–Crippen LogP) is 9.36. The lowest BCUT2D eigenvalue weighted by Crippen LogP contribution is -2.49. The van der Waals surface area contributed by atoms with Crippen LogP contribution in [-0.4, -0.2) is 107 Å². The van der Waals surface area contributed by atoms with E-state index in [0.717, 1.165) is 36.6 Å². The SMILES string of the molecule is COc1ccccc1-c1nccc(COc2ccc3cc2C[C@H](C(=O)O)Oc2ncnc4sc(-c5ccc(C)o5)c(c24)-c2c(C)c(Cl)c(c(Cl)c2C)O[C@H](CN2CCN(C)CC2)CO3)n1. The molecule has 336 valence electrons. The number of hydrogen-bond donors (Lipinski definition) is 1. The van der Waals surface area contributed by atoms with Gasteiger partial charge in [-0.3, -0.25) is 4.90 Å². The number of aryl methyl sites for hydroxylation is 1. The predicted molar refractivity (Wildman–Crippen MR) is 249 cm³/mol. The summed E-state index contributed by atoms with van der Waals surface area (Å²) >= 11 is 16.0. The van der Waals surface area contributed by atoms with E-state index < -0.39 is 18.2 Å². The average Bonchev–Trinajstić information content (AvgIpc) is 3.92. The van der Waals surface area contributed by atoms with Crippen molar-refractivity contribution in [3.8, 4) is 62.0 Å². The van der Waals surface area contributed by atoms with Crippen LogP contribution in [-0.2, 0) is 17.8 Å². The number of carbonyl (C=O) groups is 1. The second kappa shape index (κ2) is 18.9. The summed E-state index contributed by atoms with van der Waals surface area (Å²) in [5.41, 5.74) is 4.57. The molecule has 3 aromatic carbocycles. The van der Waals surface area contributed by atoms with E-state index in [-0.39, 0.29) is 25.5 Å². The molecule has 65 heavy (non-hydrogen) atoms. The first-order valence-corrected chi connectivity index (χ1v) is 22.7. The smallest absolute Gasteiger partial charge is 0.345 e. The van der Waals surface area contributed by atoms with E-state index in [1.54, 1.807) is 37.6 Å². The molecule has 2 atom stereocenters. The molecule has 0 radical (unpaired) electrons. The zero-order valence-corrected chi connectivity index (χ0v) is 38.7. The van der Waals surface area contributed by atoms with Crippen molar-refractivity contribution >= 4 is 50.7 Å². The minimum Gasteiger partial charge on any atom is -0.496 e. The lowest BCUT2D eigenvalue weighted by molar-refractivity contribution is -0.145. The molecule has 4 aromatic heterocycles. The Morgan fingerprint density at radius 3 is 2.45 bits per heavy atom. The van der Waals surface area contributed by atoms with Crippen molar-refractivity contribution in [3.05, 3.63) is 111 Å². The van der Waals surface area contributed by atoms with E-state index >= 15 is 0 Å². The molecule has 10 rings (SSSR count). The third-order valence-corrected chi connectivity index (χ3v) is 13.7. The van der Waals surface area contributed by atoms with Gasteiger partial charge in [0.05, 0.1) is 38.7 Å². The fourth-order valence-electron chi connectivity index (χ4n) is 8.23. The second-order valence-electron chi connectivity index (χ2n) is 16.1. The van der Waals surface area contributed by atoms with Crippen LogP contribution in [0, 0.1) is 20.8 Å². The number of carboxylic acid groups (broad SMARTS) is 1. The van der Waals surface area contributed by atoms with Gasteiger partial charge in [-0.15, -0.1) is 11.3 Å². The first-order valence-electron chi connectivity index (χ1n) is 21.1. The lowest BCUT2D eigenvalue weighted by Gasteiger charge is -2.35. The molecule has 17 heteroatoms. The zero-order valence-electron chi connectivity index (χ0n) is 36.4. The van der Waals surface area contributed by atoms with Crippen molar-refractivity contribution in [1.29, 1.82) is 0 Å². The summed E-state index contributed by atoms with van der Waals surface area (Å²) in [6, 6.07) is 18.3. The van der Waals surface area contributed by atoms with Gasteiger partial charge in [-0.05, 0) is 93.0 Å². The first-order chi connectivity index (χ1) is 31.4. The van der Waals surface area contributed by atoms with Crippen LogP contribution < -0.4 is 23.7 Å². The molecule has 0 saturated carbocycles. The molecule has 7 aromatic rings. The monoisotopic (exact) mass is 936 g/mol. The van der Waals surface area contributed by atoms with E-state index in [1.165, 1.54) is 17.7 Å². The summed E-state index contributed by atoms with van der Waals surface area (Å²) in [5, 5.41) is 12.0. The Balaban J connectivity index is 1.16. The van der Waals surface area contributed by atoms with Crippen LogP contribution in [0.25, 0.3) is 43.4 Å². The molecule has 14 nitrogen and oxygen atoms in total. The fourth-order valence-corrected chi connectivity index (χ4v) is 9.84. The molecule has 0 spiro atoms. The van der Waals surface area contributed by atoms with Crippen LogP contribution in [0.2, 0.25) is 10.0 Å². The molecule has 0 unspecified atom stereocenters. The van der Waals surface area contributed by atoms with Gasteiger partial charge in [0.1, 0.15) is 59.2 Å². The molecule has 1 saturated heterocycles. The summed E-state index contributed by atoms with van der Waals surface area (Å²) in [5.74, 6) is 2.47. The van der Waals surface area contributed by atoms with Crippen molar-refractivity contribution < 1.29 is 38.0 Å². The largest absolute Gasteiger partial charge is 0.496 e. The van der Waals surface area contributed by atoms with E-state index in [4.69, 9.17) is 56.3 Å².